The Hall–Kier alpha value is -3.14. The van der Waals surface area contributed by atoms with E-state index in [9.17, 15) is 4.79 Å². The summed E-state index contributed by atoms with van der Waals surface area (Å²) in [6.07, 6.45) is 10.9. The van der Waals surface area contributed by atoms with Gasteiger partial charge in [-0.3, -0.25) is 14.8 Å². The van der Waals surface area contributed by atoms with Crippen LogP contribution >= 0.6 is 0 Å². The summed E-state index contributed by atoms with van der Waals surface area (Å²) in [5.41, 5.74) is 1.77. The molecule has 0 aromatic carbocycles. The first-order chi connectivity index (χ1) is 18.0. The minimum atomic E-state index is 0.311. The van der Waals surface area contributed by atoms with E-state index in [1.807, 2.05) is 19.1 Å². The Morgan fingerprint density at radius 3 is 2.59 bits per heavy atom. The minimum absolute atomic E-state index is 0.311. The van der Waals surface area contributed by atoms with Crippen LogP contribution in [-0.4, -0.2) is 87.3 Å². The van der Waals surface area contributed by atoms with Crippen LogP contribution in [0.5, 0.6) is 0 Å². The third-order valence-electron chi connectivity index (χ3n) is 8.37. The number of piperidine rings is 2. The van der Waals surface area contributed by atoms with E-state index < -0.39 is 0 Å². The second kappa shape index (κ2) is 10.3. The second-order valence-electron chi connectivity index (χ2n) is 10.9. The van der Waals surface area contributed by atoms with E-state index in [1.165, 1.54) is 6.42 Å². The highest BCUT2D eigenvalue weighted by Crippen LogP contribution is 2.37. The Balaban J connectivity index is 1.21. The normalized spacial score (nSPS) is 25.6. The summed E-state index contributed by atoms with van der Waals surface area (Å²) in [5.74, 6) is 3.23. The lowest BCUT2D eigenvalue weighted by molar-refractivity contribution is -0.134. The zero-order valence-electron chi connectivity index (χ0n) is 21.9. The summed E-state index contributed by atoms with van der Waals surface area (Å²) in [5, 5.41) is 10.6. The molecule has 0 aliphatic carbocycles. The molecule has 198 valence electrons. The molecule has 4 aliphatic rings. The number of carbonyl (C=O) groups is 1. The summed E-state index contributed by atoms with van der Waals surface area (Å²) < 4.78 is 5.84. The van der Waals surface area contributed by atoms with Crippen LogP contribution in [0, 0.1) is 6.92 Å². The van der Waals surface area contributed by atoms with E-state index in [4.69, 9.17) is 14.7 Å². The van der Waals surface area contributed by atoms with Crippen LogP contribution in [0.2, 0.25) is 0 Å². The Kier molecular flexibility index (Phi) is 6.75. The lowest BCUT2D eigenvalue weighted by atomic mass is 9.81. The molecule has 2 aromatic heterocycles. The number of likely N-dealkylation sites (tertiary alicyclic amines) is 1. The van der Waals surface area contributed by atoms with Gasteiger partial charge in [-0.25, -0.2) is 4.98 Å². The van der Waals surface area contributed by atoms with Gasteiger partial charge < -0.3 is 19.9 Å². The molecule has 37 heavy (non-hydrogen) atoms. The lowest BCUT2D eigenvalue weighted by Crippen LogP contribution is -2.58. The fourth-order valence-corrected chi connectivity index (χ4v) is 6.40. The third-order valence-corrected chi connectivity index (χ3v) is 8.37. The number of rotatable bonds is 7. The zero-order valence-corrected chi connectivity index (χ0v) is 21.9. The summed E-state index contributed by atoms with van der Waals surface area (Å²) in [6, 6.07) is 5.07. The number of nitrogens with zero attached hydrogens (tertiary/aromatic N) is 6. The number of anilines is 3. The van der Waals surface area contributed by atoms with Gasteiger partial charge in [0.1, 0.15) is 17.3 Å². The van der Waals surface area contributed by atoms with Crippen molar-refractivity contribution in [1.29, 1.82) is 0 Å². The maximum absolute atomic E-state index is 13.0. The first-order valence-corrected chi connectivity index (χ1v) is 13.8. The molecule has 2 bridgehead atoms. The van der Waals surface area contributed by atoms with Gasteiger partial charge in [-0.2, -0.15) is 10.1 Å². The fourth-order valence-electron chi connectivity index (χ4n) is 6.40. The Morgan fingerprint density at radius 1 is 1.14 bits per heavy atom. The number of aryl methyl sites for hydroxylation is 1. The van der Waals surface area contributed by atoms with Crippen molar-refractivity contribution in [2.75, 3.05) is 43.5 Å². The SMILES string of the molecule is Cc1cc(Nc2cc(C3=CCCO3)nc(N(C)[C@@H]3C[C@H]4CCC[C@@H](C3)N4CC(=O)N3CCCC3)n2)n[nH]1. The highest BCUT2D eigenvalue weighted by atomic mass is 16.5. The van der Waals surface area contributed by atoms with Gasteiger partial charge in [0.05, 0.1) is 13.2 Å². The topological polar surface area (TPSA) is 103 Å². The number of aromatic amines is 1. The summed E-state index contributed by atoms with van der Waals surface area (Å²) in [4.78, 5) is 29.6. The van der Waals surface area contributed by atoms with E-state index in [1.54, 1.807) is 0 Å². The molecule has 10 heteroatoms. The predicted octanol–water partition coefficient (Wildman–Crippen LogP) is 3.46. The number of hydrogen-bond acceptors (Lipinski definition) is 8. The molecular weight excluding hydrogens is 468 g/mol. The second-order valence-corrected chi connectivity index (χ2v) is 10.9. The number of fused-ring (bicyclic) bond motifs is 2. The molecule has 0 radical (unpaired) electrons. The highest BCUT2D eigenvalue weighted by molar-refractivity contribution is 5.78. The van der Waals surface area contributed by atoms with Crippen LogP contribution in [0.1, 0.15) is 62.8 Å². The van der Waals surface area contributed by atoms with Gasteiger partial charge in [0.2, 0.25) is 11.9 Å². The van der Waals surface area contributed by atoms with Crippen LogP contribution in [-0.2, 0) is 9.53 Å². The Morgan fingerprint density at radius 2 is 1.92 bits per heavy atom. The van der Waals surface area contributed by atoms with Crippen LogP contribution in [0.4, 0.5) is 17.6 Å². The molecular formula is C27H38N8O2. The van der Waals surface area contributed by atoms with Gasteiger partial charge in [0.15, 0.2) is 5.82 Å². The first-order valence-electron chi connectivity index (χ1n) is 13.8. The fraction of sp³-hybridized carbons (Fsp3) is 0.630. The largest absolute Gasteiger partial charge is 0.491 e. The van der Waals surface area contributed by atoms with E-state index in [0.717, 1.165) is 81.0 Å². The van der Waals surface area contributed by atoms with E-state index in [-0.39, 0.29) is 0 Å². The zero-order chi connectivity index (χ0) is 25.4. The van der Waals surface area contributed by atoms with Crippen molar-refractivity contribution in [2.45, 2.75) is 76.4 Å². The molecule has 6 rings (SSSR count). The number of nitrogens with one attached hydrogen (secondary N) is 2. The van der Waals surface area contributed by atoms with Gasteiger partial charge in [-0.15, -0.1) is 0 Å². The number of ether oxygens (including phenoxy) is 1. The average Bonchev–Trinajstić information content (AvgIpc) is 3.67. The number of carbonyl (C=O) groups excluding carboxylic acids is 1. The van der Waals surface area contributed by atoms with Crippen LogP contribution in [0.25, 0.3) is 5.76 Å². The predicted molar refractivity (Wildman–Crippen MR) is 143 cm³/mol. The molecule has 6 heterocycles. The molecule has 10 nitrogen and oxygen atoms in total. The summed E-state index contributed by atoms with van der Waals surface area (Å²) >= 11 is 0. The maximum Gasteiger partial charge on any atom is 0.236 e. The lowest BCUT2D eigenvalue weighted by Gasteiger charge is -2.50. The van der Waals surface area contributed by atoms with Gasteiger partial charge in [-0.05, 0) is 51.5 Å². The van der Waals surface area contributed by atoms with E-state index >= 15 is 0 Å². The Labute approximate surface area is 218 Å². The van der Waals surface area contributed by atoms with Crippen molar-refractivity contribution in [3.8, 4) is 0 Å². The van der Waals surface area contributed by atoms with Crippen LogP contribution < -0.4 is 10.2 Å². The van der Waals surface area contributed by atoms with E-state index in [0.29, 0.717) is 49.0 Å². The Bertz CT molecular complexity index is 1140. The molecule has 0 unspecified atom stereocenters. The number of amides is 1. The molecule has 3 atom stereocenters. The van der Waals surface area contributed by atoms with Crippen molar-refractivity contribution in [3.05, 3.63) is 29.6 Å². The molecule has 0 saturated carbocycles. The monoisotopic (exact) mass is 506 g/mol. The quantitative estimate of drug-likeness (QED) is 0.589. The smallest absolute Gasteiger partial charge is 0.236 e. The molecule has 0 spiro atoms. The van der Waals surface area contributed by atoms with Gasteiger partial charge in [0.25, 0.3) is 0 Å². The van der Waals surface area contributed by atoms with Gasteiger partial charge in [0, 0.05) is 62.5 Å². The first kappa shape index (κ1) is 24.2. The molecule has 2 aromatic rings. The summed E-state index contributed by atoms with van der Waals surface area (Å²) in [6.45, 7) is 5.08. The maximum atomic E-state index is 13.0. The van der Waals surface area contributed by atoms with Crippen LogP contribution in [0.15, 0.2) is 18.2 Å². The highest BCUT2D eigenvalue weighted by Gasteiger charge is 2.41. The summed E-state index contributed by atoms with van der Waals surface area (Å²) in [7, 11) is 2.11. The molecule has 1 amide bonds. The molecule has 2 N–H and O–H groups in total. The third kappa shape index (κ3) is 5.16. The number of aromatic nitrogens is 4. The molecule has 3 saturated heterocycles. The number of H-pyrrole nitrogens is 1. The minimum Gasteiger partial charge on any atom is -0.491 e. The molecule has 3 fully saturated rings. The van der Waals surface area contributed by atoms with Crippen LogP contribution in [0.3, 0.4) is 0 Å². The van der Waals surface area contributed by atoms with Gasteiger partial charge in [-0.1, -0.05) is 6.42 Å². The average molecular weight is 507 g/mol. The van der Waals surface area contributed by atoms with Crippen molar-refractivity contribution in [2.24, 2.45) is 0 Å². The van der Waals surface area contributed by atoms with Crippen molar-refractivity contribution in [3.63, 3.8) is 0 Å². The van der Waals surface area contributed by atoms with Gasteiger partial charge >= 0.3 is 0 Å². The van der Waals surface area contributed by atoms with Crippen molar-refractivity contribution < 1.29 is 9.53 Å². The standard InChI is InChI=1S/C27H38N8O2/c1-18-13-25(32-31-18)29-24-16-22(23-9-6-12-37-23)28-27(30-24)33(2)21-14-19-7-5-8-20(15-21)35(19)17-26(36)34-10-3-4-11-34/h9,13,16,19-21H,3-8,10-12,14-15,17H2,1-2H3,(H2,28,29,30,31,32)/t19-,20+,21-. The van der Waals surface area contributed by atoms with Crippen molar-refractivity contribution >= 4 is 29.3 Å². The number of hydrogen-bond donors (Lipinski definition) is 2. The van der Waals surface area contributed by atoms with E-state index in [2.05, 4.69) is 43.3 Å². The molecule has 4 aliphatic heterocycles. The van der Waals surface area contributed by atoms with Crippen molar-refractivity contribution in [1.82, 2.24) is 30.0 Å².